The van der Waals surface area contributed by atoms with Gasteiger partial charge in [0.25, 0.3) is 0 Å². The summed E-state index contributed by atoms with van der Waals surface area (Å²) in [6, 6.07) is 0. The molecule has 0 aliphatic rings. The molecule has 0 fully saturated rings. The van der Waals surface area contributed by atoms with Crippen LogP contribution in [-0.2, 0) is 4.79 Å². The topological polar surface area (TPSA) is 77.8 Å². The Morgan fingerprint density at radius 1 is 0.920 bits per heavy atom. The first-order valence-corrected chi connectivity index (χ1v) is 10.3. The first-order valence-electron chi connectivity index (χ1n) is 10.3. The van der Waals surface area contributed by atoms with Crippen LogP contribution in [0.1, 0.15) is 96.8 Å². The molecule has 0 radical (unpaired) electrons. The second-order valence-corrected chi connectivity index (χ2v) is 7.18. The summed E-state index contributed by atoms with van der Waals surface area (Å²) >= 11 is 0. The van der Waals surface area contributed by atoms with Crippen molar-refractivity contribution in [2.24, 2.45) is 5.92 Å². The Morgan fingerprint density at radius 3 is 2.12 bits per heavy atom. The number of hydrogen-bond donors (Lipinski definition) is 3. The first kappa shape index (κ1) is 24.1. The molecule has 2 unspecified atom stereocenters. The van der Waals surface area contributed by atoms with Crippen LogP contribution in [0.5, 0.6) is 0 Å². The van der Waals surface area contributed by atoms with Crippen LogP contribution >= 0.6 is 0 Å². The van der Waals surface area contributed by atoms with E-state index >= 15 is 0 Å². The van der Waals surface area contributed by atoms with Crippen LogP contribution < -0.4 is 0 Å². The first-order chi connectivity index (χ1) is 12.1. The van der Waals surface area contributed by atoms with Crippen LogP contribution in [0.4, 0.5) is 0 Å². The molecule has 0 saturated heterocycles. The molecule has 0 saturated carbocycles. The standard InChI is InChI=1S/C21H40O4/c1-2-3-4-5-6-7-8-9-10-11-12-13-14-19(15-16-21(24)25)17-20(23)18-22/h9-10,19-20,22-23H,2-8,11-18H2,1H3,(H,24,25)/b10-9-. The summed E-state index contributed by atoms with van der Waals surface area (Å²) in [5, 5.41) is 27.3. The Bertz CT molecular complexity index is 328. The Labute approximate surface area is 154 Å². The van der Waals surface area contributed by atoms with Gasteiger partial charge in [0.15, 0.2) is 0 Å². The van der Waals surface area contributed by atoms with Gasteiger partial charge in [-0.3, -0.25) is 4.79 Å². The number of hydrogen-bond acceptors (Lipinski definition) is 3. The molecule has 3 N–H and O–H groups in total. The van der Waals surface area contributed by atoms with Crippen LogP contribution in [0.3, 0.4) is 0 Å². The van der Waals surface area contributed by atoms with Crippen molar-refractivity contribution < 1.29 is 20.1 Å². The van der Waals surface area contributed by atoms with E-state index in [1.54, 1.807) is 0 Å². The zero-order valence-corrected chi connectivity index (χ0v) is 16.2. The molecule has 0 heterocycles. The average Bonchev–Trinajstić information content (AvgIpc) is 2.60. The van der Waals surface area contributed by atoms with E-state index in [1.165, 1.54) is 44.9 Å². The van der Waals surface area contributed by atoms with Gasteiger partial charge in [-0.05, 0) is 44.4 Å². The van der Waals surface area contributed by atoms with Crippen LogP contribution in [0.2, 0.25) is 0 Å². The fourth-order valence-electron chi connectivity index (χ4n) is 3.14. The predicted molar refractivity (Wildman–Crippen MR) is 104 cm³/mol. The average molecular weight is 357 g/mol. The number of carbonyl (C=O) groups is 1. The van der Waals surface area contributed by atoms with E-state index in [0.29, 0.717) is 12.8 Å². The lowest BCUT2D eigenvalue weighted by Gasteiger charge is -2.18. The maximum absolute atomic E-state index is 10.7. The Balaban J connectivity index is 3.68. The highest BCUT2D eigenvalue weighted by Crippen LogP contribution is 2.21. The fraction of sp³-hybridized carbons (Fsp3) is 0.857. The predicted octanol–water partition coefficient (Wildman–Crippen LogP) is 5.08. The quantitative estimate of drug-likeness (QED) is 0.236. The third kappa shape index (κ3) is 17.7. The van der Waals surface area contributed by atoms with Crippen molar-refractivity contribution in [3.05, 3.63) is 12.2 Å². The number of carboxylic acids is 1. The van der Waals surface area contributed by atoms with Crippen LogP contribution in [0, 0.1) is 5.92 Å². The minimum absolute atomic E-state index is 0.140. The maximum atomic E-state index is 10.7. The molecule has 0 aromatic heterocycles. The Kier molecular flexibility index (Phi) is 17.3. The molecular formula is C21H40O4. The third-order valence-electron chi connectivity index (χ3n) is 4.71. The zero-order chi connectivity index (χ0) is 18.8. The van der Waals surface area contributed by atoms with Crippen molar-refractivity contribution >= 4 is 5.97 Å². The summed E-state index contributed by atoms with van der Waals surface area (Å²) in [5.74, 6) is -0.605. The van der Waals surface area contributed by atoms with E-state index in [2.05, 4.69) is 19.1 Å². The number of allylic oxidation sites excluding steroid dienone is 2. The molecule has 0 aliphatic carbocycles. The summed E-state index contributed by atoms with van der Waals surface area (Å²) in [6.07, 6.45) is 18.4. The molecule has 4 nitrogen and oxygen atoms in total. The fourth-order valence-corrected chi connectivity index (χ4v) is 3.14. The molecule has 25 heavy (non-hydrogen) atoms. The van der Waals surface area contributed by atoms with Gasteiger partial charge in [0.05, 0.1) is 12.7 Å². The molecule has 148 valence electrons. The van der Waals surface area contributed by atoms with Gasteiger partial charge in [0.1, 0.15) is 0 Å². The van der Waals surface area contributed by atoms with Gasteiger partial charge in [-0.2, -0.15) is 0 Å². The minimum atomic E-state index is -0.791. The van der Waals surface area contributed by atoms with E-state index in [1.807, 2.05) is 0 Å². The largest absolute Gasteiger partial charge is 0.481 e. The number of aliphatic hydroxyl groups is 2. The minimum Gasteiger partial charge on any atom is -0.481 e. The van der Waals surface area contributed by atoms with E-state index in [0.717, 1.165) is 25.7 Å². The summed E-state index contributed by atoms with van der Waals surface area (Å²) in [4.78, 5) is 10.7. The van der Waals surface area contributed by atoms with Crippen LogP contribution in [0.25, 0.3) is 0 Å². The smallest absolute Gasteiger partial charge is 0.303 e. The van der Waals surface area contributed by atoms with Crippen molar-refractivity contribution in [3.8, 4) is 0 Å². The molecule has 0 aromatic carbocycles. The van der Waals surface area contributed by atoms with Crippen molar-refractivity contribution in [2.75, 3.05) is 6.61 Å². The van der Waals surface area contributed by atoms with Gasteiger partial charge in [-0.1, -0.05) is 64.0 Å². The highest BCUT2D eigenvalue weighted by Gasteiger charge is 2.15. The molecule has 0 spiro atoms. The highest BCUT2D eigenvalue weighted by atomic mass is 16.4. The number of carboxylic acid groups (broad SMARTS) is 1. The van der Waals surface area contributed by atoms with Crippen molar-refractivity contribution in [2.45, 2.75) is 103 Å². The number of unbranched alkanes of at least 4 members (excludes halogenated alkanes) is 8. The second-order valence-electron chi connectivity index (χ2n) is 7.18. The highest BCUT2D eigenvalue weighted by molar-refractivity contribution is 5.66. The molecule has 0 amide bonds. The molecule has 2 atom stereocenters. The summed E-state index contributed by atoms with van der Waals surface area (Å²) < 4.78 is 0. The monoisotopic (exact) mass is 356 g/mol. The SMILES string of the molecule is CCCCCCCC/C=C\CCCCC(CCC(=O)O)CC(O)CO. The van der Waals surface area contributed by atoms with Gasteiger partial charge in [-0.25, -0.2) is 0 Å². The lowest BCUT2D eigenvalue weighted by molar-refractivity contribution is -0.137. The Morgan fingerprint density at radius 2 is 1.52 bits per heavy atom. The van der Waals surface area contributed by atoms with Crippen molar-refractivity contribution in [1.82, 2.24) is 0 Å². The van der Waals surface area contributed by atoms with Crippen LogP contribution in [-0.4, -0.2) is 34.0 Å². The number of aliphatic carboxylic acids is 1. The van der Waals surface area contributed by atoms with Crippen molar-refractivity contribution in [1.29, 1.82) is 0 Å². The van der Waals surface area contributed by atoms with Crippen molar-refractivity contribution in [3.63, 3.8) is 0 Å². The Hall–Kier alpha value is -0.870. The van der Waals surface area contributed by atoms with Crippen LogP contribution in [0.15, 0.2) is 12.2 Å². The van der Waals surface area contributed by atoms with Gasteiger partial charge < -0.3 is 15.3 Å². The number of aliphatic hydroxyl groups excluding tert-OH is 2. The molecule has 0 aromatic rings. The molecule has 0 aliphatic heterocycles. The van der Waals surface area contributed by atoms with Gasteiger partial charge in [-0.15, -0.1) is 0 Å². The molecular weight excluding hydrogens is 316 g/mol. The summed E-state index contributed by atoms with van der Waals surface area (Å²) in [6.45, 7) is 2.00. The van der Waals surface area contributed by atoms with Gasteiger partial charge >= 0.3 is 5.97 Å². The lowest BCUT2D eigenvalue weighted by Crippen LogP contribution is -2.18. The lowest BCUT2D eigenvalue weighted by atomic mass is 9.91. The number of rotatable bonds is 18. The van der Waals surface area contributed by atoms with E-state index in [4.69, 9.17) is 10.2 Å². The summed E-state index contributed by atoms with van der Waals surface area (Å²) in [5.41, 5.74) is 0. The molecule has 4 heteroatoms. The maximum Gasteiger partial charge on any atom is 0.303 e. The van der Waals surface area contributed by atoms with E-state index < -0.39 is 12.1 Å². The van der Waals surface area contributed by atoms with Gasteiger partial charge in [0, 0.05) is 6.42 Å². The normalized spacial score (nSPS) is 14.0. The molecule has 0 bridgehead atoms. The van der Waals surface area contributed by atoms with E-state index in [-0.39, 0.29) is 18.9 Å². The summed E-state index contributed by atoms with van der Waals surface area (Å²) in [7, 11) is 0. The molecule has 0 rings (SSSR count). The van der Waals surface area contributed by atoms with Gasteiger partial charge in [0.2, 0.25) is 0 Å². The van der Waals surface area contributed by atoms with E-state index in [9.17, 15) is 9.90 Å². The zero-order valence-electron chi connectivity index (χ0n) is 16.2. The second kappa shape index (κ2) is 17.9. The third-order valence-corrected chi connectivity index (χ3v) is 4.71.